The van der Waals surface area contributed by atoms with Crippen LogP contribution in [0.15, 0.2) is 48.8 Å². The zero-order valence-electron chi connectivity index (χ0n) is 9.93. The SMILES string of the molecule is Cc1cccc(NC(CN)c2cccnc2)c1. The highest BCUT2D eigenvalue weighted by molar-refractivity contribution is 5.47. The van der Waals surface area contributed by atoms with Gasteiger partial charge < -0.3 is 11.1 Å². The first-order valence-electron chi connectivity index (χ1n) is 5.73. The third-order valence-corrected chi connectivity index (χ3v) is 2.68. The fourth-order valence-corrected chi connectivity index (χ4v) is 1.80. The van der Waals surface area contributed by atoms with Crippen molar-refractivity contribution in [1.82, 2.24) is 4.98 Å². The molecule has 3 N–H and O–H groups in total. The average Bonchev–Trinajstić information content (AvgIpc) is 2.37. The van der Waals surface area contributed by atoms with Gasteiger partial charge in [-0.1, -0.05) is 18.2 Å². The molecular weight excluding hydrogens is 210 g/mol. The van der Waals surface area contributed by atoms with Gasteiger partial charge in [-0.2, -0.15) is 0 Å². The van der Waals surface area contributed by atoms with E-state index in [0.29, 0.717) is 6.54 Å². The Bertz CT molecular complexity index is 468. The van der Waals surface area contributed by atoms with E-state index in [9.17, 15) is 0 Å². The van der Waals surface area contributed by atoms with E-state index in [4.69, 9.17) is 5.73 Å². The summed E-state index contributed by atoms with van der Waals surface area (Å²) in [4.78, 5) is 4.12. The summed E-state index contributed by atoms with van der Waals surface area (Å²) in [5.74, 6) is 0. The molecule has 0 radical (unpaired) electrons. The second-order valence-electron chi connectivity index (χ2n) is 4.09. The predicted octanol–water partition coefficient (Wildman–Crippen LogP) is 2.50. The lowest BCUT2D eigenvalue weighted by molar-refractivity contribution is 0.785. The summed E-state index contributed by atoms with van der Waals surface area (Å²) in [6.07, 6.45) is 3.62. The third kappa shape index (κ3) is 3.04. The van der Waals surface area contributed by atoms with Crippen LogP contribution >= 0.6 is 0 Å². The van der Waals surface area contributed by atoms with Gasteiger partial charge in [-0.05, 0) is 36.2 Å². The van der Waals surface area contributed by atoms with E-state index in [-0.39, 0.29) is 6.04 Å². The largest absolute Gasteiger partial charge is 0.377 e. The number of nitrogens with two attached hydrogens (primary N) is 1. The first-order valence-corrected chi connectivity index (χ1v) is 5.73. The molecule has 88 valence electrons. The fraction of sp³-hybridized carbons (Fsp3) is 0.214. The molecule has 2 rings (SSSR count). The van der Waals surface area contributed by atoms with Crippen molar-refractivity contribution in [3.63, 3.8) is 0 Å². The highest BCUT2D eigenvalue weighted by Crippen LogP contribution is 2.18. The van der Waals surface area contributed by atoms with Crippen LogP contribution in [0, 0.1) is 6.92 Å². The van der Waals surface area contributed by atoms with Crippen LogP contribution < -0.4 is 11.1 Å². The van der Waals surface area contributed by atoms with Gasteiger partial charge in [0.25, 0.3) is 0 Å². The number of hydrogen-bond acceptors (Lipinski definition) is 3. The van der Waals surface area contributed by atoms with Gasteiger partial charge in [-0.15, -0.1) is 0 Å². The van der Waals surface area contributed by atoms with Crippen LogP contribution in [-0.2, 0) is 0 Å². The van der Waals surface area contributed by atoms with E-state index >= 15 is 0 Å². The molecular formula is C14H17N3. The lowest BCUT2D eigenvalue weighted by Gasteiger charge is -2.18. The van der Waals surface area contributed by atoms with Crippen molar-refractivity contribution >= 4 is 5.69 Å². The minimum absolute atomic E-state index is 0.102. The van der Waals surface area contributed by atoms with Gasteiger partial charge in [0.05, 0.1) is 6.04 Å². The molecule has 2 aromatic rings. The molecule has 1 unspecified atom stereocenters. The first kappa shape index (κ1) is 11.6. The van der Waals surface area contributed by atoms with Crippen molar-refractivity contribution in [3.8, 4) is 0 Å². The molecule has 3 nitrogen and oxygen atoms in total. The van der Waals surface area contributed by atoms with Crippen LogP contribution in [0.3, 0.4) is 0 Å². The van der Waals surface area contributed by atoms with Crippen LogP contribution in [0.2, 0.25) is 0 Å². The smallest absolute Gasteiger partial charge is 0.0651 e. The monoisotopic (exact) mass is 227 g/mol. The molecule has 3 heteroatoms. The molecule has 0 amide bonds. The summed E-state index contributed by atoms with van der Waals surface area (Å²) in [7, 11) is 0. The van der Waals surface area contributed by atoms with E-state index in [1.54, 1.807) is 6.20 Å². The molecule has 1 aromatic carbocycles. The minimum atomic E-state index is 0.102. The second-order valence-corrected chi connectivity index (χ2v) is 4.09. The Morgan fingerprint density at radius 3 is 2.82 bits per heavy atom. The highest BCUT2D eigenvalue weighted by Gasteiger charge is 2.08. The molecule has 0 aliphatic rings. The number of aryl methyl sites for hydroxylation is 1. The van der Waals surface area contributed by atoms with Gasteiger partial charge in [0.15, 0.2) is 0 Å². The van der Waals surface area contributed by atoms with Crippen LogP contribution in [-0.4, -0.2) is 11.5 Å². The zero-order valence-corrected chi connectivity index (χ0v) is 9.93. The fourth-order valence-electron chi connectivity index (χ4n) is 1.80. The number of hydrogen-bond donors (Lipinski definition) is 2. The molecule has 0 spiro atoms. The number of pyridine rings is 1. The maximum Gasteiger partial charge on any atom is 0.0651 e. The number of nitrogens with one attached hydrogen (secondary N) is 1. The molecule has 17 heavy (non-hydrogen) atoms. The Hall–Kier alpha value is -1.87. The summed E-state index contributed by atoms with van der Waals surface area (Å²) < 4.78 is 0. The van der Waals surface area contributed by atoms with E-state index < -0.39 is 0 Å². The number of anilines is 1. The van der Waals surface area contributed by atoms with Gasteiger partial charge >= 0.3 is 0 Å². The standard InChI is InChI=1S/C14H17N3/c1-11-4-2-6-13(8-11)17-14(9-15)12-5-3-7-16-10-12/h2-8,10,14,17H,9,15H2,1H3. The number of rotatable bonds is 4. The van der Waals surface area contributed by atoms with Crippen molar-refractivity contribution in [2.75, 3.05) is 11.9 Å². The Balaban J connectivity index is 2.16. The Morgan fingerprint density at radius 1 is 1.29 bits per heavy atom. The second kappa shape index (κ2) is 5.46. The van der Waals surface area contributed by atoms with E-state index in [1.165, 1.54) is 5.56 Å². The molecule has 0 saturated carbocycles. The van der Waals surface area contributed by atoms with Gasteiger partial charge in [-0.3, -0.25) is 4.98 Å². The Labute approximate surface area is 102 Å². The van der Waals surface area contributed by atoms with Gasteiger partial charge in [-0.25, -0.2) is 0 Å². The molecule has 1 aromatic heterocycles. The Kier molecular flexibility index (Phi) is 3.73. The number of benzene rings is 1. The van der Waals surface area contributed by atoms with Crippen LogP contribution in [0.25, 0.3) is 0 Å². The molecule has 0 aliphatic heterocycles. The molecule has 0 fully saturated rings. The predicted molar refractivity (Wildman–Crippen MR) is 70.8 cm³/mol. The third-order valence-electron chi connectivity index (χ3n) is 2.68. The van der Waals surface area contributed by atoms with E-state index in [1.807, 2.05) is 30.5 Å². The van der Waals surface area contributed by atoms with Crippen LogP contribution in [0.4, 0.5) is 5.69 Å². The quantitative estimate of drug-likeness (QED) is 0.843. The van der Waals surface area contributed by atoms with E-state index in [2.05, 4.69) is 29.4 Å². The van der Waals surface area contributed by atoms with Crippen molar-refractivity contribution in [2.24, 2.45) is 5.73 Å². The number of aromatic nitrogens is 1. The summed E-state index contributed by atoms with van der Waals surface area (Å²) in [6, 6.07) is 12.3. The van der Waals surface area contributed by atoms with Crippen LogP contribution in [0.1, 0.15) is 17.2 Å². The van der Waals surface area contributed by atoms with Gasteiger partial charge in [0.1, 0.15) is 0 Å². The topological polar surface area (TPSA) is 50.9 Å². The Morgan fingerprint density at radius 2 is 2.18 bits per heavy atom. The summed E-state index contributed by atoms with van der Waals surface area (Å²) in [5.41, 5.74) is 9.23. The van der Waals surface area contributed by atoms with Gasteiger partial charge in [0.2, 0.25) is 0 Å². The first-order chi connectivity index (χ1) is 8.29. The maximum atomic E-state index is 5.80. The zero-order chi connectivity index (χ0) is 12.1. The van der Waals surface area contributed by atoms with E-state index in [0.717, 1.165) is 11.3 Å². The van der Waals surface area contributed by atoms with Crippen molar-refractivity contribution in [1.29, 1.82) is 0 Å². The molecule has 1 heterocycles. The molecule has 0 saturated heterocycles. The average molecular weight is 227 g/mol. The maximum absolute atomic E-state index is 5.80. The van der Waals surface area contributed by atoms with Crippen LogP contribution in [0.5, 0.6) is 0 Å². The molecule has 0 bridgehead atoms. The van der Waals surface area contributed by atoms with Crippen molar-refractivity contribution in [2.45, 2.75) is 13.0 Å². The van der Waals surface area contributed by atoms with Crippen molar-refractivity contribution < 1.29 is 0 Å². The number of nitrogens with zero attached hydrogens (tertiary/aromatic N) is 1. The van der Waals surface area contributed by atoms with Gasteiger partial charge in [0, 0.05) is 24.6 Å². The molecule has 0 aliphatic carbocycles. The summed E-state index contributed by atoms with van der Waals surface area (Å²) in [5, 5.41) is 3.42. The lowest BCUT2D eigenvalue weighted by Crippen LogP contribution is -2.20. The summed E-state index contributed by atoms with van der Waals surface area (Å²) >= 11 is 0. The minimum Gasteiger partial charge on any atom is -0.377 e. The van der Waals surface area contributed by atoms with Crippen molar-refractivity contribution in [3.05, 3.63) is 59.9 Å². The molecule has 1 atom stereocenters. The summed E-state index contributed by atoms with van der Waals surface area (Å²) in [6.45, 7) is 2.62. The highest BCUT2D eigenvalue weighted by atomic mass is 14.9. The lowest BCUT2D eigenvalue weighted by atomic mass is 10.1. The normalized spacial score (nSPS) is 12.1.